The molecule has 3 rings (SSSR count). The molecule has 21 heavy (non-hydrogen) atoms. The van der Waals surface area contributed by atoms with Crippen LogP contribution in [0.2, 0.25) is 5.28 Å². The van der Waals surface area contributed by atoms with E-state index in [1.807, 2.05) is 12.4 Å². The molecule has 1 aliphatic rings. The lowest BCUT2D eigenvalue weighted by atomic mass is 10.3. The van der Waals surface area contributed by atoms with Crippen LogP contribution < -0.4 is 4.90 Å². The van der Waals surface area contributed by atoms with Crippen LogP contribution in [-0.4, -0.2) is 37.6 Å². The molecule has 1 aliphatic heterocycles. The topological polar surface area (TPSA) is 59.7 Å². The van der Waals surface area contributed by atoms with Crippen LogP contribution in [0.3, 0.4) is 0 Å². The van der Waals surface area contributed by atoms with Gasteiger partial charge in [-0.05, 0) is 30.9 Å². The van der Waals surface area contributed by atoms with E-state index >= 15 is 0 Å². The van der Waals surface area contributed by atoms with Crippen LogP contribution in [0.5, 0.6) is 0 Å². The molecule has 0 unspecified atom stereocenters. The summed E-state index contributed by atoms with van der Waals surface area (Å²) in [6.45, 7) is 5.08. The number of imidazole rings is 1. The highest BCUT2D eigenvalue weighted by Gasteiger charge is 2.17. The van der Waals surface area contributed by atoms with Gasteiger partial charge in [0, 0.05) is 32.0 Å². The van der Waals surface area contributed by atoms with Crippen LogP contribution in [0.15, 0.2) is 12.4 Å². The fraction of sp³-hybridized carbons (Fsp3) is 0.571. The number of aromatic nitrogens is 5. The van der Waals surface area contributed by atoms with E-state index in [1.54, 1.807) is 0 Å². The summed E-state index contributed by atoms with van der Waals surface area (Å²) < 4.78 is 2.13. The third-order valence-corrected chi connectivity index (χ3v) is 3.78. The second-order valence-electron chi connectivity index (χ2n) is 5.23. The SMILES string of the molecule is CCCn1ccnc1Cc1nc(Cl)nc(N2CCCC2)n1. The van der Waals surface area contributed by atoms with Crippen molar-refractivity contribution in [2.75, 3.05) is 18.0 Å². The predicted molar refractivity (Wildman–Crippen MR) is 81.6 cm³/mol. The van der Waals surface area contributed by atoms with Gasteiger partial charge in [-0.25, -0.2) is 9.97 Å². The van der Waals surface area contributed by atoms with E-state index in [9.17, 15) is 0 Å². The first-order valence-electron chi connectivity index (χ1n) is 7.41. The van der Waals surface area contributed by atoms with Crippen molar-refractivity contribution in [2.45, 2.75) is 39.2 Å². The standard InChI is InChI=1S/C14H19ClN6/c1-2-6-20-9-5-16-12(20)10-11-17-13(15)19-14(18-11)21-7-3-4-8-21/h5,9H,2-4,6-8,10H2,1H3. The van der Waals surface area contributed by atoms with Gasteiger partial charge >= 0.3 is 0 Å². The molecule has 0 saturated carbocycles. The normalized spacial score (nSPS) is 14.9. The molecule has 0 N–H and O–H groups in total. The zero-order valence-corrected chi connectivity index (χ0v) is 12.9. The number of aryl methyl sites for hydroxylation is 1. The lowest BCUT2D eigenvalue weighted by Crippen LogP contribution is -2.21. The Labute approximate surface area is 129 Å². The van der Waals surface area contributed by atoms with Gasteiger partial charge in [-0.1, -0.05) is 6.92 Å². The van der Waals surface area contributed by atoms with E-state index in [0.717, 1.165) is 31.9 Å². The summed E-state index contributed by atoms with van der Waals surface area (Å²) in [7, 11) is 0. The third-order valence-electron chi connectivity index (χ3n) is 3.61. The molecule has 6 nitrogen and oxygen atoms in total. The summed E-state index contributed by atoms with van der Waals surface area (Å²) in [5, 5.41) is 0.260. The van der Waals surface area contributed by atoms with Gasteiger partial charge in [-0.2, -0.15) is 9.97 Å². The zero-order chi connectivity index (χ0) is 14.7. The average Bonchev–Trinajstić information content (AvgIpc) is 3.11. The van der Waals surface area contributed by atoms with Gasteiger partial charge in [0.1, 0.15) is 11.6 Å². The van der Waals surface area contributed by atoms with Crippen molar-refractivity contribution in [3.63, 3.8) is 0 Å². The van der Waals surface area contributed by atoms with Crippen LogP contribution >= 0.6 is 11.6 Å². The molecule has 1 saturated heterocycles. The minimum atomic E-state index is 0.260. The summed E-state index contributed by atoms with van der Waals surface area (Å²) in [5.41, 5.74) is 0. The van der Waals surface area contributed by atoms with Crippen LogP contribution in [0.25, 0.3) is 0 Å². The molecule has 0 amide bonds. The number of anilines is 1. The molecule has 3 heterocycles. The first-order chi connectivity index (χ1) is 10.3. The monoisotopic (exact) mass is 306 g/mol. The van der Waals surface area contributed by atoms with Crippen molar-refractivity contribution in [3.8, 4) is 0 Å². The number of rotatable bonds is 5. The Morgan fingerprint density at radius 3 is 2.76 bits per heavy atom. The Balaban J connectivity index is 1.82. The zero-order valence-electron chi connectivity index (χ0n) is 12.2. The van der Waals surface area contributed by atoms with E-state index < -0.39 is 0 Å². The molecule has 0 aliphatic carbocycles. The maximum Gasteiger partial charge on any atom is 0.229 e. The molecule has 0 atom stereocenters. The van der Waals surface area contributed by atoms with Crippen LogP contribution in [-0.2, 0) is 13.0 Å². The lowest BCUT2D eigenvalue weighted by molar-refractivity contribution is 0.641. The molecule has 7 heteroatoms. The van der Waals surface area contributed by atoms with Crippen molar-refractivity contribution in [1.82, 2.24) is 24.5 Å². The molecule has 2 aromatic heterocycles. The van der Waals surface area contributed by atoms with Crippen molar-refractivity contribution >= 4 is 17.5 Å². The molecule has 0 aromatic carbocycles. The number of nitrogens with zero attached hydrogens (tertiary/aromatic N) is 6. The fourth-order valence-electron chi connectivity index (χ4n) is 2.61. The molecule has 1 fully saturated rings. The average molecular weight is 307 g/mol. The third kappa shape index (κ3) is 3.32. The van der Waals surface area contributed by atoms with Crippen molar-refractivity contribution in [2.24, 2.45) is 0 Å². The van der Waals surface area contributed by atoms with E-state index in [4.69, 9.17) is 11.6 Å². The van der Waals surface area contributed by atoms with Crippen LogP contribution in [0.4, 0.5) is 5.95 Å². The molecule has 0 bridgehead atoms. The first-order valence-corrected chi connectivity index (χ1v) is 7.79. The van der Waals surface area contributed by atoms with Crippen LogP contribution in [0.1, 0.15) is 37.8 Å². The van der Waals surface area contributed by atoms with Crippen molar-refractivity contribution in [3.05, 3.63) is 29.3 Å². The second kappa shape index (κ2) is 6.39. The number of hydrogen-bond donors (Lipinski definition) is 0. The smallest absolute Gasteiger partial charge is 0.229 e. The van der Waals surface area contributed by atoms with Crippen molar-refractivity contribution in [1.29, 1.82) is 0 Å². The Bertz CT molecular complexity index is 605. The van der Waals surface area contributed by atoms with Gasteiger partial charge in [-0.3, -0.25) is 0 Å². The van der Waals surface area contributed by atoms with Gasteiger partial charge in [-0.15, -0.1) is 0 Å². The van der Waals surface area contributed by atoms with E-state index in [0.29, 0.717) is 18.2 Å². The quantitative estimate of drug-likeness (QED) is 0.848. The molecular weight excluding hydrogens is 288 g/mol. The highest BCUT2D eigenvalue weighted by molar-refractivity contribution is 6.28. The maximum absolute atomic E-state index is 6.05. The first kappa shape index (κ1) is 14.3. The number of halogens is 1. The fourth-order valence-corrected chi connectivity index (χ4v) is 2.78. The summed E-state index contributed by atoms with van der Waals surface area (Å²) in [6, 6.07) is 0. The van der Waals surface area contributed by atoms with E-state index in [-0.39, 0.29) is 5.28 Å². The maximum atomic E-state index is 6.05. The summed E-state index contributed by atoms with van der Waals surface area (Å²) in [5.74, 6) is 2.34. The Morgan fingerprint density at radius 1 is 1.19 bits per heavy atom. The highest BCUT2D eigenvalue weighted by Crippen LogP contribution is 2.18. The van der Waals surface area contributed by atoms with Gasteiger partial charge < -0.3 is 9.47 Å². The van der Waals surface area contributed by atoms with Gasteiger partial charge in [0.05, 0.1) is 6.42 Å². The second-order valence-corrected chi connectivity index (χ2v) is 5.57. The van der Waals surface area contributed by atoms with Gasteiger partial charge in [0.15, 0.2) is 0 Å². The Hall–Kier alpha value is -1.69. The Morgan fingerprint density at radius 2 is 2.00 bits per heavy atom. The summed E-state index contributed by atoms with van der Waals surface area (Å²) >= 11 is 6.05. The minimum absolute atomic E-state index is 0.260. The highest BCUT2D eigenvalue weighted by atomic mass is 35.5. The molecule has 0 radical (unpaired) electrons. The predicted octanol–water partition coefficient (Wildman–Crippen LogP) is 2.32. The molecule has 0 spiro atoms. The lowest BCUT2D eigenvalue weighted by Gasteiger charge is -2.15. The van der Waals surface area contributed by atoms with Gasteiger partial charge in [0.2, 0.25) is 11.2 Å². The van der Waals surface area contributed by atoms with Crippen molar-refractivity contribution < 1.29 is 0 Å². The van der Waals surface area contributed by atoms with Gasteiger partial charge in [0.25, 0.3) is 0 Å². The summed E-state index contributed by atoms with van der Waals surface area (Å²) in [6.07, 6.45) is 7.81. The number of hydrogen-bond acceptors (Lipinski definition) is 5. The molecule has 112 valence electrons. The van der Waals surface area contributed by atoms with Crippen LogP contribution in [0, 0.1) is 0 Å². The molecular formula is C14H19ClN6. The largest absolute Gasteiger partial charge is 0.341 e. The minimum Gasteiger partial charge on any atom is -0.341 e. The van der Waals surface area contributed by atoms with E-state index in [1.165, 1.54) is 12.8 Å². The molecule has 2 aromatic rings. The van der Waals surface area contributed by atoms with E-state index in [2.05, 4.69) is 36.3 Å². The Kier molecular flexibility index (Phi) is 4.34. The summed E-state index contributed by atoms with van der Waals surface area (Å²) in [4.78, 5) is 19.6.